The van der Waals surface area contributed by atoms with Crippen LogP contribution < -0.4 is 5.32 Å². The van der Waals surface area contributed by atoms with Gasteiger partial charge in [0.1, 0.15) is 11.4 Å². The first-order chi connectivity index (χ1) is 9.40. The highest BCUT2D eigenvalue weighted by Gasteiger charge is 2.17. The Morgan fingerprint density at radius 1 is 1.25 bits per heavy atom. The van der Waals surface area contributed by atoms with Crippen molar-refractivity contribution < 1.29 is 18.7 Å². The van der Waals surface area contributed by atoms with Gasteiger partial charge in [-0.15, -0.1) is 0 Å². The Kier molecular flexibility index (Phi) is 4.04. The molecule has 0 saturated carbocycles. The monoisotopic (exact) mass is 341 g/mol. The van der Waals surface area contributed by atoms with Crippen LogP contribution in [0, 0.1) is 18.6 Å². The summed E-state index contributed by atoms with van der Waals surface area (Å²) >= 11 is 2.95. The van der Waals surface area contributed by atoms with Gasteiger partial charge in [-0.2, -0.15) is 0 Å². The zero-order valence-electron chi connectivity index (χ0n) is 10.4. The molecule has 0 heterocycles. The summed E-state index contributed by atoms with van der Waals surface area (Å²) in [6.07, 6.45) is 0. The maximum atomic E-state index is 13.6. The number of nitrogens with one attached hydrogen (secondary N) is 1. The third-order valence-electron chi connectivity index (χ3n) is 2.73. The zero-order valence-corrected chi connectivity index (χ0v) is 12.0. The molecule has 2 rings (SSSR count). The fourth-order valence-corrected chi connectivity index (χ4v) is 2.09. The highest BCUT2D eigenvalue weighted by molar-refractivity contribution is 9.10. The van der Waals surface area contributed by atoms with Crippen LogP contribution in [0.3, 0.4) is 0 Å². The second-order valence-corrected chi connectivity index (χ2v) is 5.09. The highest BCUT2D eigenvalue weighted by atomic mass is 79.9. The maximum absolute atomic E-state index is 13.6. The lowest BCUT2D eigenvalue weighted by molar-refractivity contribution is 0.102. The summed E-state index contributed by atoms with van der Waals surface area (Å²) in [6, 6.07) is 6.63. The molecule has 0 fully saturated rings. The summed E-state index contributed by atoms with van der Waals surface area (Å²) in [5, 5.41) is 11.9. The molecule has 0 aliphatic rings. The summed E-state index contributed by atoms with van der Waals surface area (Å²) in [7, 11) is 0. The number of para-hydroxylation sites is 1. The van der Waals surface area contributed by atoms with Crippen LogP contribution in [0.5, 0.6) is 5.75 Å². The van der Waals surface area contributed by atoms with Crippen molar-refractivity contribution in [1.82, 2.24) is 0 Å². The van der Waals surface area contributed by atoms with Gasteiger partial charge in [-0.05, 0) is 30.7 Å². The van der Waals surface area contributed by atoms with Gasteiger partial charge < -0.3 is 10.4 Å². The molecule has 0 spiro atoms. The summed E-state index contributed by atoms with van der Waals surface area (Å²) in [5.74, 6) is -2.82. The average molecular weight is 342 g/mol. The molecule has 0 atom stereocenters. The van der Waals surface area contributed by atoms with Crippen LogP contribution in [0.25, 0.3) is 0 Å². The standard InChI is InChI=1S/C14H10BrF2NO2/c1-7-3-2-4-9(13(7)19)14(20)18-12-10(16)5-8(15)6-11(12)17/h2-6,19H,1H3,(H,18,20). The molecule has 6 heteroatoms. The topological polar surface area (TPSA) is 49.3 Å². The van der Waals surface area contributed by atoms with Gasteiger partial charge in [0.25, 0.3) is 5.91 Å². The van der Waals surface area contributed by atoms with Crippen molar-refractivity contribution in [2.24, 2.45) is 0 Å². The number of anilines is 1. The van der Waals surface area contributed by atoms with Crippen LogP contribution in [0.4, 0.5) is 14.5 Å². The van der Waals surface area contributed by atoms with Gasteiger partial charge in [0.05, 0.1) is 5.56 Å². The predicted octanol–water partition coefficient (Wildman–Crippen LogP) is 3.99. The van der Waals surface area contributed by atoms with Gasteiger partial charge in [-0.25, -0.2) is 8.78 Å². The lowest BCUT2D eigenvalue weighted by Gasteiger charge is -2.10. The quantitative estimate of drug-likeness (QED) is 0.867. The van der Waals surface area contributed by atoms with Crippen molar-refractivity contribution in [2.75, 3.05) is 5.32 Å². The molecule has 1 amide bonds. The van der Waals surface area contributed by atoms with E-state index in [0.717, 1.165) is 12.1 Å². The summed E-state index contributed by atoms with van der Waals surface area (Å²) in [5.41, 5.74) is -0.111. The van der Waals surface area contributed by atoms with Crippen molar-refractivity contribution in [3.8, 4) is 5.75 Å². The number of amides is 1. The lowest BCUT2D eigenvalue weighted by atomic mass is 10.1. The number of hydrogen-bond donors (Lipinski definition) is 2. The molecule has 3 nitrogen and oxygen atoms in total. The number of phenolic OH excluding ortho intramolecular Hbond substituents is 1. The van der Waals surface area contributed by atoms with Crippen molar-refractivity contribution in [3.63, 3.8) is 0 Å². The van der Waals surface area contributed by atoms with E-state index in [2.05, 4.69) is 21.2 Å². The number of rotatable bonds is 2. The molecule has 0 aliphatic carbocycles. The number of hydrogen-bond acceptors (Lipinski definition) is 2. The molecule has 0 unspecified atom stereocenters. The Hall–Kier alpha value is -1.95. The van der Waals surface area contributed by atoms with E-state index in [9.17, 15) is 18.7 Å². The van der Waals surface area contributed by atoms with Gasteiger partial charge in [-0.1, -0.05) is 28.1 Å². The van der Waals surface area contributed by atoms with E-state index in [1.54, 1.807) is 19.1 Å². The number of aryl methyl sites for hydroxylation is 1. The van der Waals surface area contributed by atoms with Crippen molar-refractivity contribution in [1.29, 1.82) is 0 Å². The van der Waals surface area contributed by atoms with Gasteiger partial charge in [0.15, 0.2) is 11.6 Å². The Morgan fingerprint density at radius 2 is 1.85 bits per heavy atom. The molecule has 0 aliphatic heterocycles. The van der Waals surface area contributed by atoms with Gasteiger partial charge in [-0.3, -0.25) is 4.79 Å². The largest absolute Gasteiger partial charge is 0.507 e. The fourth-order valence-electron chi connectivity index (χ4n) is 1.68. The maximum Gasteiger partial charge on any atom is 0.259 e. The molecule has 0 bridgehead atoms. The Balaban J connectivity index is 2.36. The summed E-state index contributed by atoms with van der Waals surface area (Å²) in [4.78, 5) is 12.0. The third kappa shape index (κ3) is 2.80. The van der Waals surface area contributed by atoms with E-state index in [1.807, 2.05) is 0 Å². The summed E-state index contributed by atoms with van der Waals surface area (Å²) in [6.45, 7) is 1.62. The van der Waals surface area contributed by atoms with Crippen molar-refractivity contribution in [3.05, 3.63) is 57.6 Å². The van der Waals surface area contributed by atoms with Gasteiger partial charge in [0, 0.05) is 4.47 Å². The van der Waals surface area contributed by atoms with E-state index >= 15 is 0 Å². The fraction of sp³-hybridized carbons (Fsp3) is 0.0714. The van der Waals surface area contributed by atoms with Gasteiger partial charge >= 0.3 is 0 Å². The molecule has 0 aromatic heterocycles. The Morgan fingerprint density at radius 3 is 2.45 bits per heavy atom. The van der Waals surface area contributed by atoms with Crippen LogP contribution in [0.15, 0.2) is 34.8 Å². The Bertz CT molecular complexity index is 666. The van der Waals surface area contributed by atoms with Crippen molar-refractivity contribution >= 4 is 27.5 Å². The molecule has 2 aromatic carbocycles. The second-order valence-electron chi connectivity index (χ2n) is 4.17. The number of aromatic hydroxyl groups is 1. The number of phenols is 1. The molecule has 0 saturated heterocycles. The second kappa shape index (κ2) is 5.58. The number of benzene rings is 2. The third-order valence-corrected chi connectivity index (χ3v) is 3.19. The molecule has 0 radical (unpaired) electrons. The SMILES string of the molecule is Cc1cccc(C(=O)Nc2c(F)cc(Br)cc2F)c1O. The van der Waals surface area contributed by atoms with Crippen LogP contribution in [0.2, 0.25) is 0 Å². The zero-order chi connectivity index (χ0) is 14.9. The minimum absolute atomic E-state index is 0.0493. The highest BCUT2D eigenvalue weighted by Crippen LogP contribution is 2.26. The minimum atomic E-state index is -0.905. The average Bonchev–Trinajstić information content (AvgIpc) is 2.36. The number of halogens is 3. The summed E-state index contributed by atoms with van der Waals surface area (Å²) < 4.78 is 27.5. The van der Waals surface area contributed by atoms with Crippen LogP contribution in [-0.4, -0.2) is 11.0 Å². The van der Waals surface area contributed by atoms with E-state index in [4.69, 9.17) is 0 Å². The smallest absolute Gasteiger partial charge is 0.259 e. The molecular formula is C14H10BrF2NO2. The Labute approximate surface area is 122 Å². The number of carbonyl (C=O) groups is 1. The normalized spacial score (nSPS) is 10.4. The van der Waals surface area contributed by atoms with Crippen LogP contribution in [0.1, 0.15) is 15.9 Å². The van der Waals surface area contributed by atoms with E-state index in [1.165, 1.54) is 6.07 Å². The molecule has 20 heavy (non-hydrogen) atoms. The molecule has 2 aromatic rings. The van der Waals surface area contributed by atoms with E-state index in [0.29, 0.717) is 5.56 Å². The number of carbonyl (C=O) groups excluding carboxylic acids is 1. The molecule has 2 N–H and O–H groups in total. The van der Waals surface area contributed by atoms with Crippen molar-refractivity contribution in [2.45, 2.75) is 6.92 Å². The van der Waals surface area contributed by atoms with Gasteiger partial charge in [0.2, 0.25) is 0 Å². The molecular weight excluding hydrogens is 332 g/mol. The van der Waals surface area contributed by atoms with Crippen LogP contribution >= 0.6 is 15.9 Å². The lowest BCUT2D eigenvalue weighted by Crippen LogP contribution is -2.14. The first-order valence-electron chi connectivity index (χ1n) is 5.64. The molecule has 104 valence electrons. The van der Waals surface area contributed by atoms with Crippen LogP contribution in [-0.2, 0) is 0 Å². The predicted molar refractivity (Wildman–Crippen MR) is 74.9 cm³/mol. The minimum Gasteiger partial charge on any atom is -0.507 e. The first-order valence-corrected chi connectivity index (χ1v) is 6.44. The first kappa shape index (κ1) is 14.5. The van der Waals surface area contributed by atoms with E-state index < -0.39 is 23.2 Å². The van der Waals surface area contributed by atoms with E-state index in [-0.39, 0.29) is 15.8 Å².